The number of carboxylic acids is 1. The first kappa shape index (κ1) is 16.1. The molecule has 1 atom stereocenters. The normalized spacial score (nSPS) is 12.0. The standard InChI is InChI=1S/C21H20O3/c1-2-15-10-12-16(13-11-15)14-20(21(22)23)24-19-9-5-7-17-6-3-4-8-18(17)19/h3-13,20H,2,14H2,1H3,(H,22,23)/t20-/m0/s1. The number of benzene rings is 3. The SMILES string of the molecule is CCc1ccc(C[C@H](Oc2cccc3ccccc23)C(=O)O)cc1. The van der Waals surface area contributed by atoms with E-state index in [1.165, 1.54) is 5.56 Å². The number of carbonyl (C=O) groups is 1. The molecule has 122 valence electrons. The predicted octanol–water partition coefficient (Wildman–Crippen LogP) is 4.48. The summed E-state index contributed by atoms with van der Waals surface area (Å²) < 4.78 is 5.85. The van der Waals surface area contributed by atoms with Crippen LogP contribution in [0, 0.1) is 0 Å². The van der Waals surface area contributed by atoms with Crippen molar-refractivity contribution in [3.05, 3.63) is 77.9 Å². The summed E-state index contributed by atoms with van der Waals surface area (Å²) in [5.74, 6) is -0.354. The maximum absolute atomic E-state index is 11.6. The molecule has 1 N–H and O–H groups in total. The van der Waals surface area contributed by atoms with E-state index in [0.717, 1.165) is 22.8 Å². The fourth-order valence-electron chi connectivity index (χ4n) is 2.76. The molecular weight excluding hydrogens is 300 g/mol. The van der Waals surface area contributed by atoms with E-state index in [2.05, 4.69) is 6.92 Å². The van der Waals surface area contributed by atoms with Gasteiger partial charge in [0, 0.05) is 11.8 Å². The minimum Gasteiger partial charge on any atom is -0.478 e. The average molecular weight is 320 g/mol. The Bertz CT molecular complexity index is 832. The number of fused-ring (bicyclic) bond motifs is 1. The van der Waals surface area contributed by atoms with Gasteiger partial charge in [0.2, 0.25) is 0 Å². The van der Waals surface area contributed by atoms with Gasteiger partial charge in [-0.3, -0.25) is 0 Å². The molecule has 0 aromatic heterocycles. The van der Waals surface area contributed by atoms with Crippen LogP contribution < -0.4 is 4.74 Å². The van der Waals surface area contributed by atoms with Crippen LogP contribution in [0.4, 0.5) is 0 Å². The molecule has 3 nitrogen and oxygen atoms in total. The molecule has 3 rings (SSSR count). The van der Waals surface area contributed by atoms with E-state index in [4.69, 9.17) is 4.74 Å². The summed E-state index contributed by atoms with van der Waals surface area (Å²) in [5, 5.41) is 11.5. The number of carboxylic acid groups (broad SMARTS) is 1. The quantitative estimate of drug-likeness (QED) is 0.728. The van der Waals surface area contributed by atoms with Crippen molar-refractivity contribution >= 4 is 16.7 Å². The van der Waals surface area contributed by atoms with Gasteiger partial charge in [-0.2, -0.15) is 0 Å². The van der Waals surface area contributed by atoms with Crippen LogP contribution >= 0.6 is 0 Å². The molecule has 0 fully saturated rings. The second-order valence-electron chi connectivity index (χ2n) is 5.80. The second kappa shape index (κ2) is 7.18. The minimum atomic E-state index is -0.956. The third-order valence-electron chi connectivity index (χ3n) is 4.15. The average Bonchev–Trinajstić information content (AvgIpc) is 2.62. The van der Waals surface area contributed by atoms with Gasteiger partial charge in [-0.1, -0.05) is 67.6 Å². The van der Waals surface area contributed by atoms with E-state index < -0.39 is 12.1 Å². The smallest absolute Gasteiger partial charge is 0.345 e. The van der Waals surface area contributed by atoms with E-state index in [1.807, 2.05) is 66.7 Å². The summed E-state index contributed by atoms with van der Waals surface area (Å²) in [6.45, 7) is 2.10. The van der Waals surface area contributed by atoms with E-state index in [0.29, 0.717) is 12.2 Å². The Hall–Kier alpha value is -2.81. The van der Waals surface area contributed by atoms with Crippen LogP contribution in [0.25, 0.3) is 10.8 Å². The van der Waals surface area contributed by atoms with Gasteiger partial charge in [0.05, 0.1) is 0 Å². The number of aliphatic carboxylic acids is 1. The highest BCUT2D eigenvalue weighted by molar-refractivity contribution is 5.88. The van der Waals surface area contributed by atoms with E-state index >= 15 is 0 Å². The third-order valence-corrected chi connectivity index (χ3v) is 4.15. The molecule has 0 heterocycles. The monoisotopic (exact) mass is 320 g/mol. The van der Waals surface area contributed by atoms with E-state index in [9.17, 15) is 9.90 Å². The number of rotatable bonds is 6. The predicted molar refractivity (Wildman–Crippen MR) is 95.5 cm³/mol. The maximum atomic E-state index is 11.6. The Balaban J connectivity index is 1.84. The molecular formula is C21H20O3. The maximum Gasteiger partial charge on any atom is 0.345 e. The van der Waals surface area contributed by atoms with Gasteiger partial charge in [-0.05, 0) is 29.0 Å². The Kier molecular flexibility index (Phi) is 4.80. The third kappa shape index (κ3) is 3.57. The fraction of sp³-hybridized carbons (Fsp3) is 0.190. The highest BCUT2D eigenvalue weighted by Gasteiger charge is 2.21. The largest absolute Gasteiger partial charge is 0.478 e. The molecule has 0 aliphatic rings. The summed E-state index contributed by atoms with van der Waals surface area (Å²) >= 11 is 0. The molecule has 0 aliphatic carbocycles. The van der Waals surface area contributed by atoms with Crippen LogP contribution in [-0.2, 0) is 17.6 Å². The molecule has 0 saturated carbocycles. The van der Waals surface area contributed by atoms with Gasteiger partial charge in [0.1, 0.15) is 5.75 Å². The first-order valence-electron chi connectivity index (χ1n) is 8.12. The van der Waals surface area contributed by atoms with Crippen LogP contribution in [0.1, 0.15) is 18.1 Å². The van der Waals surface area contributed by atoms with Crippen molar-refractivity contribution < 1.29 is 14.6 Å². The van der Waals surface area contributed by atoms with E-state index in [1.54, 1.807) is 0 Å². The number of hydrogen-bond donors (Lipinski definition) is 1. The molecule has 0 bridgehead atoms. The molecule has 3 aromatic rings. The van der Waals surface area contributed by atoms with Crippen LogP contribution in [0.5, 0.6) is 5.75 Å². The number of hydrogen-bond acceptors (Lipinski definition) is 2. The lowest BCUT2D eigenvalue weighted by Gasteiger charge is -2.17. The van der Waals surface area contributed by atoms with Gasteiger partial charge in [-0.25, -0.2) is 4.79 Å². The van der Waals surface area contributed by atoms with Gasteiger partial charge in [0.25, 0.3) is 0 Å². The molecule has 0 radical (unpaired) electrons. The van der Waals surface area contributed by atoms with Crippen molar-refractivity contribution in [3.8, 4) is 5.75 Å². The summed E-state index contributed by atoms with van der Waals surface area (Å²) in [5.41, 5.74) is 2.19. The van der Waals surface area contributed by atoms with Crippen molar-refractivity contribution in [1.29, 1.82) is 0 Å². The molecule has 3 heteroatoms. The van der Waals surface area contributed by atoms with Crippen molar-refractivity contribution in [1.82, 2.24) is 0 Å². The molecule has 0 saturated heterocycles. The molecule has 24 heavy (non-hydrogen) atoms. The first-order chi connectivity index (χ1) is 11.7. The highest BCUT2D eigenvalue weighted by Crippen LogP contribution is 2.26. The van der Waals surface area contributed by atoms with Gasteiger partial charge in [0.15, 0.2) is 6.10 Å². The molecule has 0 spiro atoms. The van der Waals surface area contributed by atoms with E-state index in [-0.39, 0.29) is 0 Å². The Morgan fingerprint density at radius 2 is 1.62 bits per heavy atom. The highest BCUT2D eigenvalue weighted by atomic mass is 16.5. The van der Waals surface area contributed by atoms with Crippen LogP contribution in [-0.4, -0.2) is 17.2 Å². The van der Waals surface area contributed by atoms with Gasteiger partial charge in [-0.15, -0.1) is 0 Å². The fourth-order valence-corrected chi connectivity index (χ4v) is 2.76. The van der Waals surface area contributed by atoms with Crippen LogP contribution in [0.2, 0.25) is 0 Å². The summed E-state index contributed by atoms with van der Waals surface area (Å²) in [6, 6.07) is 21.5. The van der Waals surface area contributed by atoms with Gasteiger partial charge >= 0.3 is 5.97 Å². The summed E-state index contributed by atoms with van der Waals surface area (Å²) in [6.07, 6.45) is 0.390. The van der Waals surface area contributed by atoms with Crippen molar-refractivity contribution in [2.45, 2.75) is 25.9 Å². The van der Waals surface area contributed by atoms with Gasteiger partial charge < -0.3 is 9.84 Å². The van der Waals surface area contributed by atoms with Crippen molar-refractivity contribution in [3.63, 3.8) is 0 Å². The number of aryl methyl sites for hydroxylation is 1. The lowest BCUT2D eigenvalue weighted by molar-refractivity contribution is -0.144. The molecule has 0 aliphatic heterocycles. The molecule has 0 unspecified atom stereocenters. The Morgan fingerprint density at radius 3 is 2.33 bits per heavy atom. The Morgan fingerprint density at radius 1 is 0.958 bits per heavy atom. The first-order valence-corrected chi connectivity index (χ1v) is 8.12. The Labute approximate surface area is 141 Å². The lowest BCUT2D eigenvalue weighted by Crippen LogP contribution is -2.29. The van der Waals surface area contributed by atoms with Crippen LogP contribution in [0.3, 0.4) is 0 Å². The molecule has 0 amide bonds. The zero-order valence-electron chi connectivity index (χ0n) is 13.6. The van der Waals surface area contributed by atoms with Crippen molar-refractivity contribution in [2.75, 3.05) is 0 Å². The zero-order valence-corrected chi connectivity index (χ0v) is 13.6. The van der Waals surface area contributed by atoms with Crippen molar-refractivity contribution in [2.24, 2.45) is 0 Å². The summed E-state index contributed by atoms with van der Waals surface area (Å²) in [7, 11) is 0. The minimum absolute atomic E-state index is 0.336. The molecule has 3 aromatic carbocycles. The second-order valence-corrected chi connectivity index (χ2v) is 5.80. The topological polar surface area (TPSA) is 46.5 Å². The summed E-state index contributed by atoms with van der Waals surface area (Å²) in [4.78, 5) is 11.6. The number of ether oxygens (including phenoxy) is 1. The lowest BCUT2D eigenvalue weighted by atomic mass is 10.0. The van der Waals surface area contributed by atoms with Crippen LogP contribution in [0.15, 0.2) is 66.7 Å². The zero-order chi connectivity index (χ0) is 16.9.